The van der Waals surface area contributed by atoms with Crippen molar-refractivity contribution < 1.29 is 17.6 Å². The zero-order valence-corrected chi connectivity index (χ0v) is 33.1. The fourth-order valence-electron chi connectivity index (χ4n) is 7.06. The smallest absolute Gasteiger partial charge is 0.268 e. The van der Waals surface area contributed by atoms with Crippen LogP contribution in [0.3, 0.4) is 0 Å². The number of H-pyrrole nitrogens is 1. The molecule has 5 aromatic carbocycles. The number of imidazole rings is 1. The van der Waals surface area contributed by atoms with E-state index < -0.39 is 31.2 Å². The van der Waals surface area contributed by atoms with Crippen LogP contribution < -0.4 is 5.73 Å². The molecule has 0 saturated carbocycles. The van der Waals surface area contributed by atoms with Crippen molar-refractivity contribution >= 4 is 53.3 Å². The molecule has 0 fully saturated rings. The van der Waals surface area contributed by atoms with Gasteiger partial charge in [0.1, 0.15) is 22.9 Å². The fraction of sp³-hybridized carbons (Fsp3) is 0.140. The number of aryl methyl sites for hydroxylation is 1. The van der Waals surface area contributed by atoms with Gasteiger partial charge in [-0.2, -0.15) is 5.10 Å². The number of carbonyl (C=O) groups excluding carboxylic acids is 1. The van der Waals surface area contributed by atoms with Gasteiger partial charge in [0.05, 0.1) is 38.9 Å². The quantitative estimate of drug-likeness (QED) is 0.0828. The molecule has 276 valence electrons. The molecule has 0 aliphatic rings. The van der Waals surface area contributed by atoms with Crippen LogP contribution in [-0.2, 0) is 20.1 Å². The highest BCUT2D eigenvalue weighted by Gasteiger charge is 2.39. The van der Waals surface area contributed by atoms with Gasteiger partial charge in [-0.1, -0.05) is 112 Å². The molecule has 3 heterocycles. The normalized spacial score (nSPS) is 12.7. The number of ketones is 1. The molecule has 0 aliphatic heterocycles. The van der Waals surface area contributed by atoms with E-state index in [4.69, 9.17) is 10.2 Å². The maximum absolute atomic E-state index is 14.8. The first-order valence-corrected chi connectivity index (χ1v) is 20.7. The van der Waals surface area contributed by atoms with E-state index >= 15 is 0 Å². The predicted molar refractivity (Wildman–Crippen MR) is 219 cm³/mol. The first-order chi connectivity index (χ1) is 26.4. The van der Waals surface area contributed by atoms with Gasteiger partial charge in [0.15, 0.2) is 9.76 Å². The van der Waals surface area contributed by atoms with Crippen molar-refractivity contribution in [3.05, 3.63) is 173 Å². The first kappa shape index (κ1) is 35.9. The number of rotatable bonds is 10. The number of benzene rings is 5. The van der Waals surface area contributed by atoms with E-state index in [1.165, 1.54) is 23.0 Å². The lowest BCUT2D eigenvalue weighted by molar-refractivity contribution is 0.103. The third kappa shape index (κ3) is 6.37. The number of nitrogens with zero attached hydrogens (tertiary/aromatic N) is 4. The molecular formula is C43H40N6O4SSi. The van der Waals surface area contributed by atoms with Gasteiger partial charge in [-0.3, -0.25) is 4.79 Å². The van der Waals surface area contributed by atoms with E-state index in [1.54, 1.807) is 24.3 Å². The van der Waals surface area contributed by atoms with Gasteiger partial charge in [0, 0.05) is 5.39 Å². The van der Waals surface area contributed by atoms with Gasteiger partial charge < -0.3 is 15.1 Å². The monoisotopic (exact) mass is 764 g/mol. The second-order valence-corrected chi connectivity index (χ2v) is 19.3. The number of nitrogens with two attached hydrogens (primary N) is 1. The molecule has 8 rings (SSSR count). The molecule has 3 aromatic heterocycles. The Labute approximate surface area is 321 Å². The Morgan fingerprint density at radius 2 is 1.44 bits per heavy atom. The van der Waals surface area contributed by atoms with Crippen molar-refractivity contribution in [2.24, 2.45) is 0 Å². The maximum Gasteiger partial charge on any atom is 0.268 e. The van der Waals surface area contributed by atoms with Crippen LogP contribution >= 0.6 is 0 Å². The molecule has 0 aliphatic carbocycles. The van der Waals surface area contributed by atoms with Crippen molar-refractivity contribution in [3.8, 4) is 5.69 Å². The van der Waals surface area contributed by atoms with Crippen LogP contribution in [0.1, 0.15) is 59.3 Å². The van der Waals surface area contributed by atoms with E-state index in [1.807, 2.05) is 104 Å². The van der Waals surface area contributed by atoms with Gasteiger partial charge in [-0.25, -0.2) is 22.1 Å². The SMILES string of the molecule is Cc1nc2cc(-n3ncc(C(=O)c4cc5ccc(C(O[SiH2]C(C)(C)C)(c6ccccc6)c6ccccc6)cc5n4S(=O)(=O)c4ccccc4)c3N)ccc2[nH]1. The van der Waals surface area contributed by atoms with Gasteiger partial charge in [-0.05, 0) is 71.1 Å². The Morgan fingerprint density at radius 1 is 0.800 bits per heavy atom. The van der Waals surface area contributed by atoms with Crippen molar-refractivity contribution in [1.29, 1.82) is 0 Å². The Balaban J connectivity index is 1.35. The molecule has 55 heavy (non-hydrogen) atoms. The van der Waals surface area contributed by atoms with E-state index in [0.29, 0.717) is 16.6 Å². The van der Waals surface area contributed by atoms with Crippen molar-refractivity contribution in [1.82, 2.24) is 23.7 Å². The summed E-state index contributed by atoms with van der Waals surface area (Å²) in [5.74, 6) is 0.241. The molecule has 0 atom stereocenters. The van der Waals surface area contributed by atoms with Crippen LogP contribution in [0.15, 0.2) is 145 Å². The van der Waals surface area contributed by atoms with Gasteiger partial charge in [-0.15, -0.1) is 0 Å². The molecule has 0 saturated heterocycles. The Bertz CT molecular complexity index is 2770. The second kappa shape index (κ2) is 13.6. The summed E-state index contributed by atoms with van der Waals surface area (Å²) in [6, 6.07) is 40.9. The standard InChI is InChI=1S/C43H40N6O4SSi/c1-28-46-36-23-22-33(26-37(36)47-28)48-41(44)35(27-45-48)40(50)39-24-29-20-21-32(25-38(29)49(39)54(51,52)34-18-12-7-13-19-34)43(53-55-42(2,3)4,30-14-8-5-9-15-30)31-16-10-6-11-17-31/h5-27H,44,55H2,1-4H3,(H,46,47). The van der Waals surface area contributed by atoms with Crippen molar-refractivity contribution in [2.45, 2.75) is 43.2 Å². The molecular weight excluding hydrogens is 725 g/mol. The number of aromatic amines is 1. The van der Waals surface area contributed by atoms with Crippen LogP contribution in [0.25, 0.3) is 27.6 Å². The van der Waals surface area contributed by atoms with Gasteiger partial charge in [0.2, 0.25) is 5.78 Å². The molecule has 0 amide bonds. The highest BCUT2D eigenvalue weighted by atomic mass is 32.2. The number of hydrogen-bond donors (Lipinski definition) is 2. The van der Waals surface area contributed by atoms with Crippen LogP contribution in [0.5, 0.6) is 0 Å². The van der Waals surface area contributed by atoms with Gasteiger partial charge in [0.25, 0.3) is 10.0 Å². The summed E-state index contributed by atoms with van der Waals surface area (Å²) in [5.41, 5.74) is 10.6. The molecule has 0 unspecified atom stereocenters. The number of carbonyl (C=O) groups is 1. The maximum atomic E-state index is 14.8. The average molecular weight is 765 g/mol. The Hall–Kier alpha value is -6.08. The molecule has 10 nitrogen and oxygen atoms in total. The third-order valence-corrected chi connectivity index (χ3v) is 12.8. The van der Waals surface area contributed by atoms with E-state index in [9.17, 15) is 13.2 Å². The minimum absolute atomic E-state index is 0.0343. The molecule has 8 aromatic rings. The minimum Gasteiger partial charge on any atom is -0.406 e. The third-order valence-electron chi connectivity index (χ3n) is 9.64. The van der Waals surface area contributed by atoms with Gasteiger partial charge >= 0.3 is 0 Å². The highest BCUT2D eigenvalue weighted by Crippen LogP contribution is 2.43. The summed E-state index contributed by atoms with van der Waals surface area (Å²) in [6.45, 7) is 8.38. The van der Waals surface area contributed by atoms with Crippen LogP contribution in [0.4, 0.5) is 5.82 Å². The summed E-state index contributed by atoms with van der Waals surface area (Å²) >= 11 is 0. The highest BCUT2D eigenvalue weighted by molar-refractivity contribution is 7.90. The first-order valence-electron chi connectivity index (χ1n) is 17.9. The summed E-state index contributed by atoms with van der Waals surface area (Å²) < 4.78 is 39.4. The molecule has 3 N–H and O–H groups in total. The Morgan fingerprint density at radius 3 is 2.07 bits per heavy atom. The molecule has 0 radical (unpaired) electrons. The lowest BCUT2D eigenvalue weighted by atomic mass is 9.80. The number of nitrogens with one attached hydrogen (secondary N) is 1. The topological polar surface area (TPSA) is 138 Å². The molecule has 12 heteroatoms. The van der Waals surface area contributed by atoms with Crippen molar-refractivity contribution in [2.75, 3.05) is 5.73 Å². The fourth-order valence-corrected chi connectivity index (χ4v) is 9.73. The van der Waals surface area contributed by atoms with Crippen LogP contribution in [0, 0.1) is 6.92 Å². The second-order valence-electron chi connectivity index (χ2n) is 14.9. The number of hydrogen-bond acceptors (Lipinski definition) is 7. The van der Waals surface area contributed by atoms with Crippen LogP contribution in [-0.4, -0.2) is 47.7 Å². The summed E-state index contributed by atoms with van der Waals surface area (Å²) in [5, 5.41) is 4.95. The lowest BCUT2D eigenvalue weighted by Gasteiger charge is -2.38. The van der Waals surface area contributed by atoms with Crippen LogP contribution in [0.2, 0.25) is 5.04 Å². The number of aromatic nitrogens is 5. The van der Waals surface area contributed by atoms with E-state index in [-0.39, 0.29) is 27.0 Å². The zero-order chi connectivity index (χ0) is 38.5. The summed E-state index contributed by atoms with van der Waals surface area (Å²) in [7, 11) is -5.53. The summed E-state index contributed by atoms with van der Waals surface area (Å²) in [4.78, 5) is 22.4. The average Bonchev–Trinajstić information content (AvgIpc) is 3.89. The summed E-state index contributed by atoms with van der Waals surface area (Å²) in [6.07, 6.45) is 1.38. The number of anilines is 1. The largest absolute Gasteiger partial charge is 0.406 e. The van der Waals surface area contributed by atoms with E-state index in [0.717, 1.165) is 37.5 Å². The van der Waals surface area contributed by atoms with Crippen molar-refractivity contribution in [3.63, 3.8) is 0 Å². The Kier molecular flexibility index (Phi) is 8.91. The predicted octanol–water partition coefficient (Wildman–Crippen LogP) is 7.67. The lowest BCUT2D eigenvalue weighted by Crippen LogP contribution is -2.36. The number of fused-ring (bicyclic) bond motifs is 2. The zero-order valence-electron chi connectivity index (χ0n) is 30.9. The van der Waals surface area contributed by atoms with E-state index in [2.05, 4.69) is 35.8 Å². The molecule has 0 bridgehead atoms. The molecule has 0 spiro atoms. The number of nitrogen functional groups attached to an aromatic ring is 1. The minimum atomic E-state index is -4.33.